The van der Waals surface area contributed by atoms with Crippen LogP contribution in [0.5, 0.6) is 0 Å². The van der Waals surface area contributed by atoms with Gasteiger partial charge in [-0.3, -0.25) is 0 Å². The van der Waals surface area contributed by atoms with Crippen molar-refractivity contribution < 1.29 is 4.74 Å². The third kappa shape index (κ3) is 1.76. The summed E-state index contributed by atoms with van der Waals surface area (Å²) in [4.78, 5) is 7.75. The molecule has 0 spiro atoms. The van der Waals surface area contributed by atoms with E-state index < -0.39 is 0 Å². The maximum atomic E-state index is 5.56. The monoisotopic (exact) mass is 370 g/mol. The summed E-state index contributed by atoms with van der Waals surface area (Å²) in [6, 6.07) is 2.08. The number of hydrogen-bond acceptors (Lipinski definition) is 2. The van der Waals surface area contributed by atoms with E-state index in [1.54, 1.807) is 13.3 Å². The number of rotatable bonds is 1. The highest BCUT2D eigenvalue weighted by Gasteiger charge is 2.24. The van der Waals surface area contributed by atoms with E-state index >= 15 is 0 Å². The number of nitrogens with zero attached hydrogens (tertiary/aromatic N) is 1. The van der Waals surface area contributed by atoms with E-state index in [0.29, 0.717) is 5.92 Å². The smallest absolute Gasteiger partial charge is 0.138 e. The fraction of sp³-hybridized carbons (Fsp3) is 0.308. The van der Waals surface area contributed by atoms with Gasteiger partial charge < -0.3 is 9.72 Å². The number of aromatic nitrogens is 2. The highest BCUT2D eigenvalue weighted by atomic mass is 79.9. The molecule has 3 rings (SSSR count). The molecule has 94 valence electrons. The second-order valence-corrected chi connectivity index (χ2v) is 6.26. The standard InChI is InChI=1S/C13H12Br2N2O/c1-6-3-9-10(11(15)12(6)18-2)8-4-7(14)5-16-13(8)17-9/h3-6,12H,1-2H3,(H,16,17). The molecule has 3 nitrogen and oxygen atoms in total. The molecule has 5 heteroatoms. The molecule has 1 N–H and O–H groups in total. The number of fused-ring (bicyclic) bond motifs is 3. The second kappa shape index (κ2) is 4.47. The summed E-state index contributed by atoms with van der Waals surface area (Å²) < 4.78 is 7.62. The van der Waals surface area contributed by atoms with E-state index in [4.69, 9.17) is 4.74 Å². The average Bonchev–Trinajstić information content (AvgIpc) is 2.66. The Morgan fingerprint density at radius 3 is 2.89 bits per heavy atom. The van der Waals surface area contributed by atoms with E-state index in [-0.39, 0.29) is 6.10 Å². The fourth-order valence-electron chi connectivity index (χ4n) is 2.49. The normalized spacial score (nSPS) is 23.0. The number of methoxy groups -OCH3 is 1. The van der Waals surface area contributed by atoms with Crippen molar-refractivity contribution in [3.63, 3.8) is 0 Å². The first kappa shape index (κ1) is 12.4. The van der Waals surface area contributed by atoms with Gasteiger partial charge in [-0.1, -0.05) is 28.9 Å². The number of halogens is 2. The number of ether oxygens (including phenoxy) is 1. The molecule has 2 aromatic rings. The van der Waals surface area contributed by atoms with Crippen molar-refractivity contribution in [2.45, 2.75) is 13.0 Å². The van der Waals surface area contributed by atoms with Gasteiger partial charge in [-0.15, -0.1) is 0 Å². The van der Waals surface area contributed by atoms with Crippen molar-refractivity contribution in [3.8, 4) is 0 Å². The van der Waals surface area contributed by atoms with Crippen LogP contribution in [-0.2, 0) is 4.74 Å². The lowest BCUT2D eigenvalue weighted by Crippen LogP contribution is -2.37. The van der Waals surface area contributed by atoms with Crippen LogP contribution in [0.25, 0.3) is 21.6 Å². The number of nitrogens with one attached hydrogen (secondary N) is 1. The van der Waals surface area contributed by atoms with Crippen molar-refractivity contribution in [2.75, 3.05) is 7.11 Å². The van der Waals surface area contributed by atoms with Crippen molar-refractivity contribution in [2.24, 2.45) is 5.92 Å². The summed E-state index contributed by atoms with van der Waals surface area (Å²) in [5.74, 6) is 0.327. The van der Waals surface area contributed by atoms with Gasteiger partial charge in [0.05, 0.1) is 6.10 Å². The van der Waals surface area contributed by atoms with E-state index in [9.17, 15) is 0 Å². The quantitative estimate of drug-likeness (QED) is 0.835. The SMILES string of the molecule is COC1C(Br)=c2c([nH]c3ncc(Br)cc23)=CC1C. The Hall–Kier alpha value is -0.650. The molecule has 0 radical (unpaired) electrons. The summed E-state index contributed by atoms with van der Waals surface area (Å²) >= 11 is 7.15. The maximum Gasteiger partial charge on any atom is 0.138 e. The predicted octanol–water partition coefficient (Wildman–Crippen LogP) is 2.27. The Kier molecular flexibility index (Phi) is 3.08. The Bertz CT molecular complexity index is 735. The van der Waals surface area contributed by atoms with Crippen LogP contribution in [0.2, 0.25) is 0 Å². The van der Waals surface area contributed by atoms with Crippen LogP contribution < -0.4 is 10.6 Å². The molecule has 0 aliphatic heterocycles. The first-order chi connectivity index (χ1) is 8.61. The lowest BCUT2D eigenvalue weighted by Gasteiger charge is -2.22. The third-order valence-electron chi connectivity index (χ3n) is 3.30. The molecule has 1 aliphatic carbocycles. The number of hydrogen-bond donors (Lipinski definition) is 1. The lowest BCUT2D eigenvalue weighted by atomic mass is 9.98. The number of aromatic amines is 1. The number of H-pyrrole nitrogens is 1. The summed E-state index contributed by atoms with van der Waals surface area (Å²) in [5, 5.41) is 3.38. The first-order valence-corrected chi connectivity index (χ1v) is 7.28. The molecule has 2 heterocycles. The van der Waals surface area contributed by atoms with Gasteiger partial charge in [0, 0.05) is 44.1 Å². The second-order valence-electron chi connectivity index (χ2n) is 4.49. The molecular formula is C13H12Br2N2O. The Morgan fingerprint density at radius 2 is 2.17 bits per heavy atom. The van der Waals surface area contributed by atoms with Crippen LogP contribution in [0.15, 0.2) is 16.7 Å². The van der Waals surface area contributed by atoms with E-state index in [1.165, 1.54) is 0 Å². The van der Waals surface area contributed by atoms with Crippen molar-refractivity contribution in [3.05, 3.63) is 27.3 Å². The minimum Gasteiger partial charge on any atom is -0.376 e. The van der Waals surface area contributed by atoms with Crippen LogP contribution >= 0.6 is 31.9 Å². The largest absolute Gasteiger partial charge is 0.376 e. The average molecular weight is 372 g/mol. The topological polar surface area (TPSA) is 37.9 Å². The minimum atomic E-state index is 0.0653. The zero-order valence-electron chi connectivity index (χ0n) is 10.00. The molecule has 2 atom stereocenters. The van der Waals surface area contributed by atoms with Gasteiger partial charge in [0.15, 0.2) is 0 Å². The van der Waals surface area contributed by atoms with Gasteiger partial charge in [-0.25, -0.2) is 4.98 Å². The Morgan fingerprint density at radius 1 is 1.39 bits per heavy atom. The molecule has 0 amide bonds. The fourth-order valence-corrected chi connectivity index (χ4v) is 3.85. The predicted molar refractivity (Wildman–Crippen MR) is 79.8 cm³/mol. The Labute approximate surface area is 121 Å². The molecule has 0 bridgehead atoms. The molecule has 0 fully saturated rings. The molecule has 0 saturated carbocycles. The zero-order valence-corrected chi connectivity index (χ0v) is 13.2. The number of pyridine rings is 1. The van der Waals surface area contributed by atoms with E-state index in [1.807, 2.05) is 0 Å². The van der Waals surface area contributed by atoms with Gasteiger partial charge in [-0.05, 0) is 22.0 Å². The maximum absolute atomic E-state index is 5.56. The van der Waals surface area contributed by atoms with E-state index in [0.717, 1.165) is 30.6 Å². The van der Waals surface area contributed by atoms with Crippen molar-refractivity contribution >= 4 is 53.5 Å². The molecule has 18 heavy (non-hydrogen) atoms. The highest BCUT2D eigenvalue weighted by molar-refractivity contribution is 9.15. The molecular weight excluding hydrogens is 360 g/mol. The summed E-state index contributed by atoms with van der Waals surface area (Å²) in [7, 11) is 1.74. The lowest BCUT2D eigenvalue weighted by molar-refractivity contribution is 0.127. The summed E-state index contributed by atoms with van der Waals surface area (Å²) in [6.45, 7) is 2.15. The summed E-state index contributed by atoms with van der Waals surface area (Å²) in [5.41, 5.74) is 0.903. The van der Waals surface area contributed by atoms with Gasteiger partial charge in [-0.2, -0.15) is 0 Å². The minimum absolute atomic E-state index is 0.0653. The highest BCUT2D eigenvalue weighted by Crippen LogP contribution is 2.25. The van der Waals surface area contributed by atoms with Gasteiger partial charge >= 0.3 is 0 Å². The van der Waals surface area contributed by atoms with Crippen LogP contribution in [0, 0.1) is 5.92 Å². The first-order valence-electron chi connectivity index (χ1n) is 5.69. The van der Waals surface area contributed by atoms with Crippen molar-refractivity contribution in [1.29, 1.82) is 0 Å². The zero-order chi connectivity index (χ0) is 12.9. The molecule has 0 saturated heterocycles. The molecule has 2 aromatic heterocycles. The molecule has 0 aromatic carbocycles. The van der Waals surface area contributed by atoms with Gasteiger partial charge in [0.25, 0.3) is 0 Å². The van der Waals surface area contributed by atoms with Crippen LogP contribution in [-0.4, -0.2) is 23.2 Å². The summed E-state index contributed by atoms with van der Waals surface area (Å²) in [6.07, 6.45) is 4.06. The van der Waals surface area contributed by atoms with Crippen LogP contribution in [0.4, 0.5) is 0 Å². The van der Waals surface area contributed by atoms with Crippen molar-refractivity contribution in [1.82, 2.24) is 9.97 Å². The van der Waals surface area contributed by atoms with Crippen LogP contribution in [0.1, 0.15) is 6.92 Å². The van der Waals surface area contributed by atoms with Gasteiger partial charge in [0.2, 0.25) is 0 Å². The third-order valence-corrected chi connectivity index (χ3v) is 4.58. The Balaban J connectivity index is 2.47. The molecule has 1 aliphatic rings. The van der Waals surface area contributed by atoms with Crippen LogP contribution in [0.3, 0.4) is 0 Å². The molecule has 2 unspecified atom stereocenters. The van der Waals surface area contributed by atoms with Gasteiger partial charge in [0.1, 0.15) is 5.65 Å². The van der Waals surface area contributed by atoms with E-state index in [2.05, 4.69) is 60.9 Å².